The van der Waals surface area contributed by atoms with Crippen LogP contribution in [0.2, 0.25) is 0 Å². The molecular formula is C25H30BrN3O3. The van der Waals surface area contributed by atoms with Gasteiger partial charge in [0.1, 0.15) is 11.8 Å². The van der Waals surface area contributed by atoms with Gasteiger partial charge in [-0.3, -0.25) is 0 Å². The second-order valence-electron chi connectivity index (χ2n) is 8.66. The number of likely N-dealkylation sites (tertiary alicyclic amines) is 1. The van der Waals surface area contributed by atoms with Crippen LogP contribution in [0.1, 0.15) is 57.4 Å². The molecule has 170 valence electrons. The Kier molecular flexibility index (Phi) is 6.66. The zero-order valence-corrected chi connectivity index (χ0v) is 20.2. The van der Waals surface area contributed by atoms with Crippen molar-refractivity contribution < 1.29 is 14.9 Å². The maximum Gasteiger partial charge on any atom is 0.275 e. The molecule has 1 aromatic carbocycles. The number of nitrogens with zero attached hydrogens (tertiary/aromatic N) is 2. The lowest BCUT2D eigenvalue weighted by Gasteiger charge is -2.42. The van der Waals surface area contributed by atoms with Crippen molar-refractivity contribution in [1.82, 2.24) is 10.2 Å². The van der Waals surface area contributed by atoms with Crippen molar-refractivity contribution in [3.05, 3.63) is 62.9 Å². The Morgan fingerprint density at radius 3 is 2.50 bits per heavy atom. The molecule has 32 heavy (non-hydrogen) atoms. The summed E-state index contributed by atoms with van der Waals surface area (Å²) in [4.78, 5) is 1.86. The molecule has 1 saturated heterocycles. The molecule has 7 heteroatoms. The summed E-state index contributed by atoms with van der Waals surface area (Å²) in [5, 5.41) is 34.6. The molecule has 4 rings (SSSR count). The van der Waals surface area contributed by atoms with Crippen LogP contribution in [0.3, 0.4) is 0 Å². The average Bonchev–Trinajstić information content (AvgIpc) is 2.94. The van der Waals surface area contributed by atoms with Gasteiger partial charge in [0.2, 0.25) is 0 Å². The van der Waals surface area contributed by atoms with E-state index in [0.29, 0.717) is 11.1 Å². The van der Waals surface area contributed by atoms with E-state index < -0.39 is 5.91 Å². The predicted molar refractivity (Wildman–Crippen MR) is 126 cm³/mol. The third kappa shape index (κ3) is 4.07. The molecule has 0 spiro atoms. The normalized spacial score (nSPS) is 27.4. The van der Waals surface area contributed by atoms with Gasteiger partial charge in [0.25, 0.3) is 5.91 Å². The van der Waals surface area contributed by atoms with Crippen LogP contribution in [0, 0.1) is 11.3 Å². The first-order valence-corrected chi connectivity index (χ1v) is 12.1. The topological polar surface area (TPSA) is 88.8 Å². The smallest absolute Gasteiger partial charge is 0.275 e. The van der Waals surface area contributed by atoms with Gasteiger partial charge in [0.15, 0.2) is 0 Å². The summed E-state index contributed by atoms with van der Waals surface area (Å²) in [6, 6.07) is 7.59. The van der Waals surface area contributed by atoms with Crippen LogP contribution in [-0.4, -0.2) is 40.2 Å². The molecular weight excluding hydrogens is 470 g/mol. The van der Waals surface area contributed by atoms with E-state index in [-0.39, 0.29) is 12.1 Å². The zero-order chi connectivity index (χ0) is 22.9. The Morgan fingerprint density at radius 1 is 1.25 bits per heavy atom. The van der Waals surface area contributed by atoms with Gasteiger partial charge in [0.05, 0.1) is 17.4 Å². The van der Waals surface area contributed by atoms with E-state index in [1.165, 1.54) is 5.57 Å². The number of nitrogens with one attached hydrogen (secondary N) is 1. The molecule has 1 aliphatic heterocycles. The van der Waals surface area contributed by atoms with Crippen LogP contribution >= 0.6 is 15.9 Å². The Morgan fingerprint density at radius 2 is 1.97 bits per heavy atom. The highest BCUT2D eigenvalue weighted by molar-refractivity contribution is 9.10. The van der Waals surface area contributed by atoms with E-state index in [1.54, 1.807) is 12.1 Å². The lowest BCUT2D eigenvalue weighted by atomic mass is 9.86. The first-order chi connectivity index (χ1) is 15.4. The van der Waals surface area contributed by atoms with E-state index in [2.05, 4.69) is 27.3 Å². The van der Waals surface area contributed by atoms with E-state index >= 15 is 0 Å². The maximum absolute atomic E-state index is 11.2. The summed E-state index contributed by atoms with van der Waals surface area (Å²) in [7, 11) is 1.84. The predicted octanol–water partition coefficient (Wildman–Crippen LogP) is 4.45. The minimum absolute atomic E-state index is 0.0263. The monoisotopic (exact) mass is 499 g/mol. The summed E-state index contributed by atoms with van der Waals surface area (Å²) in [5.74, 6) is -1.27. The molecule has 2 saturated carbocycles. The van der Waals surface area contributed by atoms with Gasteiger partial charge in [-0.2, -0.15) is 5.26 Å². The molecule has 6 nitrogen and oxygen atoms in total. The summed E-state index contributed by atoms with van der Waals surface area (Å²) >= 11 is 3.42. The Balaban J connectivity index is 1.52. The van der Waals surface area contributed by atoms with Crippen molar-refractivity contribution in [3.8, 4) is 11.8 Å². The van der Waals surface area contributed by atoms with Crippen molar-refractivity contribution in [2.45, 2.75) is 69.9 Å². The third-order valence-electron chi connectivity index (χ3n) is 6.73. The number of aliphatic hydroxyl groups is 2. The molecule has 0 aromatic heterocycles. The second kappa shape index (κ2) is 9.30. The number of benzene rings is 1. The van der Waals surface area contributed by atoms with Gasteiger partial charge < -0.3 is 25.2 Å². The van der Waals surface area contributed by atoms with Gasteiger partial charge in [-0.05, 0) is 91.6 Å². The van der Waals surface area contributed by atoms with Crippen LogP contribution in [0.25, 0.3) is 0 Å². The summed E-state index contributed by atoms with van der Waals surface area (Å²) < 4.78 is 6.91. The van der Waals surface area contributed by atoms with Gasteiger partial charge in [-0.15, -0.1) is 0 Å². The standard InChI is InChI=1S/C25H30BrN3O3/c1-3-22-21(15-28-2)24(16-5-4-6-16)29(25(22,30)31)18-8-11-19(12-9-18)32-20-10-7-17(14-27)23(26)13-20/h3,7,10,13,15,18-19,28,30-31H,4-6,8-9,11-12H2,1-2H3/b21-15+,22-3+. The largest absolute Gasteiger partial charge is 0.490 e. The highest BCUT2D eigenvalue weighted by atomic mass is 79.9. The minimum atomic E-state index is -2.01. The average molecular weight is 500 g/mol. The quantitative estimate of drug-likeness (QED) is 0.530. The molecule has 1 aromatic rings. The van der Waals surface area contributed by atoms with Crippen LogP contribution in [0.4, 0.5) is 0 Å². The van der Waals surface area contributed by atoms with Gasteiger partial charge in [-0.25, -0.2) is 0 Å². The Hall–Kier alpha value is -2.27. The molecule has 0 radical (unpaired) electrons. The van der Waals surface area contributed by atoms with E-state index in [1.807, 2.05) is 37.2 Å². The molecule has 0 bridgehead atoms. The minimum Gasteiger partial charge on any atom is -0.490 e. The fraction of sp³-hybridized carbons (Fsp3) is 0.480. The number of nitriles is 1. The van der Waals surface area contributed by atoms with Gasteiger partial charge >= 0.3 is 0 Å². The Labute approximate surface area is 198 Å². The number of hydrogen-bond acceptors (Lipinski definition) is 6. The number of halogens is 1. The molecule has 0 unspecified atom stereocenters. The van der Waals surface area contributed by atoms with Crippen molar-refractivity contribution in [2.24, 2.45) is 0 Å². The highest BCUT2D eigenvalue weighted by Crippen LogP contribution is 2.49. The third-order valence-corrected chi connectivity index (χ3v) is 7.38. The van der Waals surface area contributed by atoms with E-state index in [0.717, 1.165) is 66.4 Å². The van der Waals surface area contributed by atoms with Crippen molar-refractivity contribution in [1.29, 1.82) is 5.26 Å². The summed E-state index contributed by atoms with van der Waals surface area (Å²) in [6.45, 7) is 1.85. The summed E-state index contributed by atoms with van der Waals surface area (Å²) in [6.07, 6.45) is 10.2. The molecule has 0 amide bonds. The van der Waals surface area contributed by atoms with Crippen LogP contribution in [0.15, 0.2) is 57.4 Å². The number of ether oxygens (including phenoxy) is 1. The SMILES string of the molecule is C/C=C1\C(=C/NC)C(=C2CCC2)N(C2CCC(Oc3ccc(C#N)c(Br)c3)CC2)C1(O)O. The first-order valence-electron chi connectivity index (χ1n) is 11.3. The van der Waals surface area contributed by atoms with Crippen molar-refractivity contribution in [3.63, 3.8) is 0 Å². The first kappa shape index (κ1) is 22.9. The van der Waals surface area contributed by atoms with Gasteiger partial charge in [-0.1, -0.05) is 6.08 Å². The number of rotatable bonds is 4. The lowest BCUT2D eigenvalue weighted by Crippen LogP contribution is -2.51. The van der Waals surface area contributed by atoms with Crippen LogP contribution in [0.5, 0.6) is 5.75 Å². The highest BCUT2D eigenvalue weighted by Gasteiger charge is 2.52. The van der Waals surface area contributed by atoms with Crippen LogP contribution < -0.4 is 10.1 Å². The molecule has 3 fully saturated rings. The Bertz CT molecular complexity index is 1010. The van der Waals surface area contributed by atoms with Gasteiger partial charge in [0, 0.05) is 34.9 Å². The lowest BCUT2D eigenvalue weighted by molar-refractivity contribution is -0.225. The maximum atomic E-state index is 11.2. The zero-order valence-electron chi connectivity index (χ0n) is 18.6. The molecule has 2 aliphatic carbocycles. The molecule has 0 atom stereocenters. The van der Waals surface area contributed by atoms with Crippen molar-refractivity contribution in [2.75, 3.05) is 7.05 Å². The molecule has 3 aliphatic rings. The van der Waals surface area contributed by atoms with E-state index in [4.69, 9.17) is 10.00 Å². The fourth-order valence-electron chi connectivity index (χ4n) is 5.03. The molecule has 3 N–H and O–H groups in total. The number of hydrogen-bond donors (Lipinski definition) is 3. The van der Waals surface area contributed by atoms with Crippen molar-refractivity contribution >= 4 is 15.9 Å². The molecule has 1 heterocycles. The summed E-state index contributed by atoms with van der Waals surface area (Å²) in [5.41, 5.74) is 4.30. The van der Waals surface area contributed by atoms with E-state index in [9.17, 15) is 10.2 Å². The number of allylic oxidation sites excluding steroid dienone is 3. The second-order valence-corrected chi connectivity index (χ2v) is 9.52. The fourth-order valence-corrected chi connectivity index (χ4v) is 5.47. The van der Waals surface area contributed by atoms with Crippen LogP contribution in [-0.2, 0) is 0 Å².